The number of nitrogens with one attached hydrogen (secondary N) is 1. The van der Waals surface area contributed by atoms with E-state index in [0.717, 1.165) is 38.4 Å². The maximum atomic E-state index is 11.2. The minimum Gasteiger partial charge on any atom is -0.504 e. The van der Waals surface area contributed by atoms with Crippen molar-refractivity contribution in [3.8, 4) is 28.2 Å². The molecule has 0 radical (unpaired) electrons. The van der Waals surface area contributed by atoms with Crippen molar-refractivity contribution in [3.63, 3.8) is 0 Å². The van der Waals surface area contributed by atoms with Crippen molar-refractivity contribution in [2.24, 2.45) is 0 Å². The van der Waals surface area contributed by atoms with Crippen LogP contribution in [0.5, 0.6) is 5.75 Å². The van der Waals surface area contributed by atoms with Crippen molar-refractivity contribution < 1.29 is 9.52 Å². The largest absolute Gasteiger partial charge is 0.504 e. The molecule has 0 unspecified atom stereocenters. The summed E-state index contributed by atoms with van der Waals surface area (Å²) in [6.45, 7) is 2.10. The summed E-state index contributed by atoms with van der Waals surface area (Å²) in [5.41, 5.74) is 3.67. The van der Waals surface area contributed by atoms with Crippen LogP contribution in [0.3, 0.4) is 0 Å². The predicted octanol–water partition coefficient (Wildman–Crippen LogP) is 6.84. The molecule has 0 atom stereocenters. The summed E-state index contributed by atoms with van der Waals surface area (Å²) in [6, 6.07) is 20.1. The van der Waals surface area contributed by atoms with Crippen LogP contribution < -0.4 is 5.32 Å². The van der Waals surface area contributed by atoms with Crippen molar-refractivity contribution >= 4 is 32.6 Å². The zero-order valence-corrected chi connectivity index (χ0v) is 16.8. The quantitative estimate of drug-likeness (QED) is 0.379. The lowest BCUT2D eigenvalue weighted by molar-refractivity contribution is 0.467. The number of fused-ring (bicyclic) bond motifs is 1. The molecule has 0 fully saturated rings. The molecule has 0 amide bonds. The predicted molar refractivity (Wildman–Crippen MR) is 115 cm³/mol. The molecule has 0 saturated carbocycles. The molecule has 4 aromatic rings. The van der Waals surface area contributed by atoms with E-state index < -0.39 is 0 Å². The van der Waals surface area contributed by atoms with Gasteiger partial charge in [0.15, 0.2) is 11.5 Å². The monoisotopic (exact) mass is 421 g/mol. The standard InChI is InChI=1S/C23H20BrNO2/c1-3-15-17(11-7-13-19(15)24)20-21(26)22(27-23(20)25-2)18-12-6-9-14-8-4-5-10-16(14)18/h4-13,25-26H,3H2,1-2H3. The molecule has 3 aromatic carbocycles. The highest BCUT2D eigenvalue weighted by molar-refractivity contribution is 9.10. The second kappa shape index (κ2) is 7.12. The highest BCUT2D eigenvalue weighted by atomic mass is 79.9. The van der Waals surface area contributed by atoms with Gasteiger partial charge in [-0.05, 0) is 34.4 Å². The molecule has 136 valence electrons. The van der Waals surface area contributed by atoms with Crippen molar-refractivity contribution in [1.29, 1.82) is 0 Å². The average Bonchev–Trinajstić information content (AvgIpc) is 3.03. The van der Waals surface area contributed by atoms with E-state index in [-0.39, 0.29) is 5.75 Å². The molecule has 0 aliphatic heterocycles. The number of furan rings is 1. The van der Waals surface area contributed by atoms with Crippen LogP contribution in [0.25, 0.3) is 33.2 Å². The average molecular weight is 422 g/mol. The number of hydrogen-bond acceptors (Lipinski definition) is 3. The summed E-state index contributed by atoms with van der Waals surface area (Å²) >= 11 is 3.63. The molecule has 4 heteroatoms. The fourth-order valence-electron chi connectivity index (χ4n) is 3.61. The summed E-state index contributed by atoms with van der Waals surface area (Å²) < 4.78 is 7.13. The van der Waals surface area contributed by atoms with E-state index in [1.165, 1.54) is 0 Å². The Morgan fingerprint density at radius 2 is 1.67 bits per heavy atom. The summed E-state index contributed by atoms with van der Waals surface area (Å²) in [7, 11) is 1.80. The molecule has 0 saturated heterocycles. The van der Waals surface area contributed by atoms with E-state index >= 15 is 0 Å². The van der Waals surface area contributed by atoms with E-state index in [2.05, 4.69) is 40.3 Å². The smallest absolute Gasteiger partial charge is 0.205 e. The molecular weight excluding hydrogens is 402 g/mol. The number of benzene rings is 3. The van der Waals surface area contributed by atoms with Crippen molar-refractivity contribution in [2.45, 2.75) is 13.3 Å². The van der Waals surface area contributed by atoms with Crippen molar-refractivity contribution in [1.82, 2.24) is 0 Å². The van der Waals surface area contributed by atoms with Gasteiger partial charge in [-0.3, -0.25) is 0 Å². The number of rotatable bonds is 4. The zero-order chi connectivity index (χ0) is 19.0. The van der Waals surface area contributed by atoms with E-state index in [9.17, 15) is 5.11 Å². The molecule has 27 heavy (non-hydrogen) atoms. The van der Waals surface area contributed by atoms with Gasteiger partial charge in [-0.2, -0.15) is 0 Å². The summed E-state index contributed by atoms with van der Waals surface area (Å²) in [5, 5.41) is 16.4. The van der Waals surface area contributed by atoms with E-state index in [0.29, 0.717) is 17.2 Å². The number of halogens is 1. The normalized spacial score (nSPS) is 11.1. The number of hydrogen-bond donors (Lipinski definition) is 2. The maximum Gasteiger partial charge on any atom is 0.205 e. The van der Waals surface area contributed by atoms with Gasteiger partial charge in [0, 0.05) is 17.1 Å². The van der Waals surface area contributed by atoms with Gasteiger partial charge < -0.3 is 14.8 Å². The molecule has 0 aliphatic rings. The molecule has 4 rings (SSSR count). The Kier molecular flexibility index (Phi) is 4.66. The maximum absolute atomic E-state index is 11.2. The van der Waals surface area contributed by atoms with Crippen molar-refractivity contribution in [3.05, 3.63) is 70.7 Å². The molecule has 0 bridgehead atoms. The van der Waals surface area contributed by atoms with Gasteiger partial charge in [-0.25, -0.2) is 0 Å². The third kappa shape index (κ3) is 2.90. The van der Waals surface area contributed by atoms with E-state index in [1.54, 1.807) is 7.05 Å². The first-order chi connectivity index (χ1) is 13.2. The minimum absolute atomic E-state index is 0.156. The molecule has 1 aromatic heterocycles. The van der Waals surface area contributed by atoms with Crippen LogP contribution in [0.1, 0.15) is 12.5 Å². The van der Waals surface area contributed by atoms with Gasteiger partial charge in [0.25, 0.3) is 0 Å². The molecule has 0 spiro atoms. The second-order valence-electron chi connectivity index (χ2n) is 6.38. The third-order valence-corrected chi connectivity index (χ3v) is 5.63. The fourth-order valence-corrected chi connectivity index (χ4v) is 4.25. The summed E-state index contributed by atoms with van der Waals surface area (Å²) in [4.78, 5) is 0. The topological polar surface area (TPSA) is 45.4 Å². The molecule has 2 N–H and O–H groups in total. The van der Waals surface area contributed by atoms with Gasteiger partial charge in [0.05, 0.1) is 5.56 Å². The lowest BCUT2D eigenvalue weighted by Crippen LogP contribution is -1.93. The number of anilines is 1. The zero-order valence-electron chi connectivity index (χ0n) is 15.2. The lowest BCUT2D eigenvalue weighted by atomic mass is 9.97. The van der Waals surface area contributed by atoms with Crippen LogP contribution in [-0.2, 0) is 6.42 Å². The van der Waals surface area contributed by atoms with Gasteiger partial charge in [0.2, 0.25) is 5.88 Å². The van der Waals surface area contributed by atoms with Crippen molar-refractivity contribution in [2.75, 3.05) is 12.4 Å². The van der Waals surface area contributed by atoms with Gasteiger partial charge in [0.1, 0.15) is 0 Å². The van der Waals surface area contributed by atoms with E-state index in [4.69, 9.17) is 4.42 Å². The highest BCUT2D eigenvalue weighted by Crippen LogP contribution is 2.49. The molecule has 1 heterocycles. The SMILES string of the molecule is CCc1c(Br)cccc1-c1c(NC)oc(-c2cccc3ccccc23)c1O. The first-order valence-corrected chi connectivity index (χ1v) is 9.74. The minimum atomic E-state index is 0.156. The number of aromatic hydroxyl groups is 1. The van der Waals surface area contributed by atoms with Crippen LogP contribution in [0.4, 0.5) is 5.88 Å². The first-order valence-electron chi connectivity index (χ1n) is 8.95. The molecule has 0 aliphatic carbocycles. The second-order valence-corrected chi connectivity index (χ2v) is 7.23. The lowest BCUT2D eigenvalue weighted by Gasteiger charge is -2.10. The van der Waals surface area contributed by atoms with Crippen LogP contribution >= 0.6 is 15.9 Å². The Morgan fingerprint density at radius 3 is 2.44 bits per heavy atom. The van der Waals surface area contributed by atoms with Gasteiger partial charge in [-0.1, -0.05) is 77.5 Å². The Hall–Kier alpha value is -2.72. The Balaban J connectivity index is 2.00. The van der Waals surface area contributed by atoms with Gasteiger partial charge in [-0.15, -0.1) is 0 Å². The van der Waals surface area contributed by atoms with Crippen LogP contribution in [0.2, 0.25) is 0 Å². The van der Waals surface area contributed by atoms with E-state index in [1.807, 2.05) is 48.5 Å². The van der Waals surface area contributed by atoms with Crippen LogP contribution in [0.15, 0.2) is 69.6 Å². The fraction of sp³-hybridized carbons (Fsp3) is 0.130. The Labute approximate surface area is 166 Å². The first kappa shape index (κ1) is 17.7. The molecular formula is C23H20BrNO2. The Morgan fingerprint density at radius 1 is 0.963 bits per heavy atom. The summed E-state index contributed by atoms with van der Waals surface area (Å²) in [6.07, 6.45) is 0.841. The molecule has 3 nitrogen and oxygen atoms in total. The van der Waals surface area contributed by atoms with Crippen LogP contribution in [-0.4, -0.2) is 12.2 Å². The third-order valence-electron chi connectivity index (χ3n) is 4.89. The highest BCUT2D eigenvalue weighted by Gasteiger charge is 2.25. The Bertz CT molecular complexity index is 1130. The van der Waals surface area contributed by atoms with Gasteiger partial charge >= 0.3 is 0 Å². The summed E-state index contributed by atoms with van der Waals surface area (Å²) in [5.74, 6) is 1.19. The van der Waals surface area contributed by atoms with Crippen LogP contribution in [0, 0.1) is 0 Å².